The molecule has 10 nitrogen and oxygen atoms in total. The lowest BCUT2D eigenvalue weighted by Gasteiger charge is -2.43. The van der Waals surface area contributed by atoms with Crippen LogP contribution in [0.3, 0.4) is 0 Å². The molecule has 0 bridgehead atoms. The Morgan fingerprint density at radius 1 is 1.15 bits per heavy atom. The normalized spacial score (nSPS) is 21.7. The Bertz CT molecular complexity index is 1270. The molecule has 11 heteroatoms. The van der Waals surface area contributed by atoms with Crippen molar-refractivity contribution in [3.63, 3.8) is 0 Å². The molecule has 1 heterocycles. The Morgan fingerprint density at radius 2 is 1.80 bits per heavy atom. The van der Waals surface area contributed by atoms with E-state index in [-0.39, 0.29) is 36.5 Å². The number of carbonyl (C=O) groups excluding carboxylic acids is 2. The number of benzene rings is 2. The molecule has 224 valence electrons. The summed E-state index contributed by atoms with van der Waals surface area (Å²) in [5.41, 5.74) is 0.989. The number of nitrogens with zero attached hydrogens (tertiary/aromatic N) is 2. The number of carboxylic acid groups (broad SMARTS) is 1. The Balaban J connectivity index is 1.56. The first-order valence-corrected chi connectivity index (χ1v) is 15.6. The smallest absolute Gasteiger partial charge is 0.243 e. The summed E-state index contributed by atoms with van der Waals surface area (Å²) in [7, 11) is -2.44. The van der Waals surface area contributed by atoms with Crippen LogP contribution >= 0.6 is 0 Å². The zero-order chi connectivity index (χ0) is 29.6. The molecule has 3 unspecified atom stereocenters. The zero-order valence-corrected chi connectivity index (χ0v) is 24.5. The van der Waals surface area contributed by atoms with Crippen LogP contribution in [0.5, 0.6) is 5.75 Å². The SMILES string of the molecule is COc1ccc(S(=O)(=O)N(CC(O)CN2C(=O)C(C(C)C(=O)[O-])NC[C@@H]2Cc2ccccc2)CC2CCCC2)cc1. The fraction of sp³-hybridized carbons (Fsp3) is 0.533. The van der Waals surface area contributed by atoms with Crippen LogP contribution < -0.4 is 15.2 Å². The summed E-state index contributed by atoms with van der Waals surface area (Å²) in [4.78, 5) is 26.8. The van der Waals surface area contributed by atoms with E-state index in [2.05, 4.69) is 5.32 Å². The molecule has 1 amide bonds. The predicted octanol–water partition coefficient (Wildman–Crippen LogP) is 1.03. The summed E-state index contributed by atoms with van der Waals surface area (Å²) in [6.45, 7) is 1.69. The number of hydrogen-bond acceptors (Lipinski definition) is 8. The number of sulfonamides is 1. The van der Waals surface area contributed by atoms with E-state index < -0.39 is 40.0 Å². The van der Waals surface area contributed by atoms with E-state index in [0.29, 0.717) is 18.7 Å². The molecule has 2 N–H and O–H groups in total. The summed E-state index contributed by atoms with van der Waals surface area (Å²) in [5, 5.41) is 26.0. The van der Waals surface area contributed by atoms with Crippen LogP contribution in [0.2, 0.25) is 0 Å². The highest BCUT2D eigenvalue weighted by Gasteiger charge is 2.40. The molecule has 0 aromatic heterocycles. The van der Waals surface area contributed by atoms with Gasteiger partial charge in [0.25, 0.3) is 0 Å². The van der Waals surface area contributed by atoms with Crippen LogP contribution in [-0.4, -0.2) is 86.1 Å². The van der Waals surface area contributed by atoms with Gasteiger partial charge in [0, 0.05) is 44.1 Å². The number of nitrogens with one attached hydrogen (secondary N) is 1. The van der Waals surface area contributed by atoms with E-state index in [1.807, 2.05) is 30.3 Å². The molecular formula is C30H40N3O7S-. The minimum Gasteiger partial charge on any atom is -0.550 e. The topological polar surface area (TPSA) is 139 Å². The second kappa shape index (κ2) is 13.8. The number of carbonyl (C=O) groups is 2. The van der Waals surface area contributed by atoms with Crippen molar-refractivity contribution in [2.45, 2.75) is 62.1 Å². The number of rotatable bonds is 13. The Hall–Kier alpha value is -2.99. The molecule has 2 aliphatic rings. The highest BCUT2D eigenvalue weighted by molar-refractivity contribution is 7.89. The molecule has 0 radical (unpaired) electrons. The second-order valence-corrected chi connectivity index (χ2v) is 13.1. The molecule has 2 aromatic rings. The summed E-state index contributed by atoms with van der Waals surface area (Å²) in [5.74, 6) is -2.14. The van der Waals surface area contributed by atoms with Crippen molar-refractivity contribution < 1.29 is 33.0 Å². The molecule has 2 aromatic carbocycles. The number of carboxylic acids is 1. The van der Waals surface area contributed by atoms with Crippen molar-refractivity contribution in [1.29, 1.82) is 0 Å². The van der Waals surface area contributed by atoms with Gasteiger partial charge in [-0.25, -0.2) is 8.42 Å². The van der Waals surface area contributed by atoms with E-state index in [9.17, 15) is 28.2 Å². The summed E-state index contributed by atoms with van der Waals surface area (Å²) < 4.78 is 34.0. The van der Waals surface area contributed by atoms with E-state index in [0.717, 1.165) is 31.2 Å². The van der Waals surface area contributed by atoms with Crippen molar-refractivity contribution in [2.75, 3.05) is 33.3 Å². The third-order valence-corrected chi connectivity index (χ3v) is 10.1. The highest BCUT2D eigenvalue weighted by Crippen LogP contribution is 2.29. The lowest BCUT2D eigenvalue weighted by Crippen LogP contribution is -2.65. The first-order chi connectivity index (χ1) is 19.6. The van der Waals surface area contributed by atoms with Crippen molar-refractivity contribution in [3.05, 3.63) is 60.2 Å². The summed E-state index contributed by atoms with van der Waals surface area (Å²) >= 11 is 0. The number of aliphatic hydroxyl groups is 1. The Morgan fingerprint density at radius 3 is 2.41 bits per heavy atom. The molecule has 0 spiro atoms. The monoisotopic (exact) mass is 586 g/mol. The van der Waals surface area contributed by atoms with Crippen LogP contribution in [0.15, 0.2) is 59.5 Å². The Kier molecular flexibility index (Phi) is 10.4. The zero-order valence-electron chi connectivity index (χ0n) is 23.6. The van der Waals surface area contributed by atoms with E-state index in [4.69, 9.17) is 4.74 Å². The molecule has 41 heavy (non-hydrogen) atoms. The predicted molar refractivity (Wildman–Crippen MR) is 151 cm³/mol. The molecule has 1 saturated carbocycles. The molecule has 4 rings (SSSR count). The number of aliphatic carboxylic acids is 1. The lowest BCUT2D eigenvalue weighted by atomic mass is 9.94. The molecule has 1 aliphatic heterocycles. The molecule has 1 aliphatic carbocycles. The maximum Gasteiger partial charge on any atom is 0.243 e. The summed E-state index contributed by atoms with van der Waals surface area (Å²) in [6, 6.07) is 14.4. The number of amides is 1. The van der Waals surface area contributed by atoms with Gasteiger partial charge >= 0.3 is 0 Å². The third kappa shape index (κ3) is 7.65. The number of ether oxygens (including phenoxy) is 1. The molecule has 1 saturated heterocycles. The number of methoxy groups -OCH3 is 1. The quantitative estimate of drug-likeness (QED) is 0.355. The fourth-order valence-electron chi connectivity index (χ4n) is 5.82. The minimum atomic E-state index is -3.94. The van der Waals surface area contributed by atoms with Crippen molar-refractivity contribution in [2.24, 2.45) is 11.8 Å². The van der Waals surface area contributed by atoms with Gasteiger partial charge < -0.3 is 30.0 Å². The fourth-order valence-corrected chi connectivity index (χ4v) is 7.38. The van der Waals surface area contributed by atoms with Gasteiger partial charge in [-0.15, -0.1) is 0 Å². The van der Waals surface area contributed by atoms with E-state index in [1.54, 1.807) is 12.1 Å². The molecular weight excluding hydrogens is 546 g/mol. The number of piperazine rings is 1. The summed E-state index contributed by atoms with van der Waals surface area (Å²) in [6.07, 6.45) is 3.22. The van der Waals surface area contributed by atoms with Gasteiger partial charge in [0.15, 0.2) is 0 Å². The van der Waals surface area contributed by atoms with Gasteiger partial charge in [-0.1, -0.05) is 50.1 Å². The van der Waals surface area contributed by atoms with Crippen LogP contribution in [0.4, 0.5) is 0 Å². The third-order valence-electron chi connectivity index (χ3n) is 8.20. The lowest BCUT2D eigenvalue weighted by molar-refractivity contribution is -0.311. The maximum atomic E-state index is 13.7. The van der Waals surface area contributed by atoms with E-state index in [1.165, 1.54) is 35.4 Å². The number of aliphatic hydroxyl groups excluding tert-OH is 1. The van der Waals surface area contributed by atoms with Gasteiger partial charge in [-0.05, 0) is 55.0 Å². The average Bonchev–Trinajstić information content (AvgIpc) is 3.48. The molecule has 4 atom stereocenters. The standard InChI is InChI=1S/C30H41N3O7S/c1-21(30(36)37)28-29(35)33(24(17-31-28)16-22-8-4-3-5-9-22)20-25(34)19-32(18-23-10-6-7-11-23)41(38,39)27-14-12-26(40-2)13-15-27/h3-5,8-9,12-15,21,23-25,28,31,34H,6-7,10-11,16-20H2,1-2H3,(H,36,37)/p-1/t21?,24-,25?,28?/m0/s1. The van der Waals surface area contributed by atoms with Gasteiger partial charge in [-0.2, -0.15) is 4.31 Å². The Labute approximate surface area is 242 Å². The van der Waals surface area contributed by atoms with Gasteiger partial charge in [0.1, 0.15) is 5.75 Å². The second-order valence-electron chi connectivity index (χ2n) is 11.1. The molecule has 2 fully saturated rings. The van der Waals surface area contributed by atoms with Gasteiger partial charge in [0.2, 0.25) is 15.9 Å². The van der Waals surface area contributed by atoms with E-state index >= 15 is 0 Å². The maximum absolute atomic E-state index is 13.7. The largest absolute Gasteiger partial charge is 0.550 e. The van der Waals surface area contributed by atoms with Gasteiger partial charge in [-0.3, -0.25) is 4.79 Å². The van der Waals surface area contributed by atoms with Crippen LogP contribution in [-0.2, 0) is 26.0 Å². The highest BCUT2D eigenvalue weighted by atomic mass is 32.2. The average molecular weight is 587 g/mol. The van der Waals surface area contributed by atoms with Crippen LogP contribution in [0.1, 0.15) is 38.2 Å². The minimum absolute atomic E-state index is 0.103. The van der Waals surface area contributed by atoms with Gasteiger partial charge in [0.05, 0.1) is 24.2 Å². The number of hydrogen-bond donors (Lipinski definition) is 2. The first kappa shape index (κ1) is 31.0. The van der Waals surface area contributed by atoms with Crippen molar-refractivity contribution in [3.8, 4) is 5.75 Å². The van der Waals surface area contributed by atoms with Crippen LogP contribution in [0.25, 0.3) is 0 Å². The first-order valence-electron chi connectivity index (χ1n) is 14.2. The van der Waals surface area contributed by atoms with Crippen LogP contribution in [0, 0.1) is 11.8 Å². The van der Waals surface area contributed by atoms with Crippen molar-refractivity contribution >= 4 is 21.9 Å². The van der Waals surface area contributed by atoms with Crippen molar-refractivity contribution in [1.82, 2.24) is 14.5 Å². The number of β-amino-alcohol motifs (C(OH)–C–C–N with tert-alkyl or cyclic N) is 1.